The van der Waals surface area contributed by atoms with Crippen molar-refractivity contribution in [2.24, 2.45) is 11.8 Å². The van der Waals surface area contributed by atoms with E-state index in [0.29, 0.717) is 27.8 Å². The van der Waals surface area contributed by atoms with Gasteiger partial charge >= 0.3 is 0 Å². The van der Waals surface area contributed by atoms with E-state index in [4.69, 9.17) is 34.8 Å². The van der Waals surface area contributed by atoms with Crippen LogP contribution < -0.4 is 10.2 Å². The summed E-state index contributed by atoms with van der Waals surface area (Å²) in [5.74, 6) is -2.56. The summed E-state index contributed by atoms with van der Waals surface area (Å²) in [6.07, 6.45) is 1.58. The predicted octanol–water partition coefficient (Wildman–Crippen LogP) is 4.39. The highest BCUT2D eigenvalue weighted by atomic mass is 35.5. The van der Waals surface area contributed by atoms with Crippen molar-refractivity contribution in [2.75, 3.05) is 16.8 Å². The standard InChI is InChI=1S/C23H18Cl3N3O3/c1-10-7-12(25)8-13-19(10)27-22(32)23(13)18-17(15-3-2-6-28(15)23)20(30)29(21(18)31)16-9-11(24)4-5-14(16)26/h4-5,7-9,15,17-18H,2-3,6H2,1H3,(H,27,32). The molecule has 4 heterocycles. The van der Waals surface area contributed by atoms with Crippen molar-refractivity contribution >= 4 is 63.9 Å². The van der Waals surface area contributed by atoms with Crippen LogP contribution in [0.4, 0.5) is 11.4 Å². The van der Waals surface area contributed by atoms with E-state index in [1.165, 1.54) is 6.07 Å². The summed E-state index contributed by atoms with van der Waals surface area (Å²) in [4.78, 5) is 44.5. The van der Waals surface area contributed by atoms with E-state index in [1.54, 1.807) is 24.3 Å². The molecule has 0 aliphatic carbocycles. The Hall–Kier alpha value is -2.12. The summed E-state index contributed by atoms with van der Waals surface area (Å²) in [6, 6.07) is 8.01. The molecule has 4 atom stereocenters. The van der Waals surface area contributed by atoms with Gasteiger partial charge in [0.1, 0.15) is 5.54 Å². The van der Waals surface area contributed by atoms with Gasteiger partial charge in [-0.15, -0.1) is 0 Å². The van der Waals surface area contributed by atoms with Crippen molar-refractivity contribution < 1.29 is 14.4 Å². The maximum Gasteiger partial charge on any atom is 0.250 e. The van der Waals surface area contributed by atoms with Gasteiger partial charge in [-0.25, -0.2) is 4.90 Å². The third kappa shape index (κ3) is 2.34. The van der Waals surface area contributed by atoms with Gasteiger partial charge in [0.05, 0.1) is 22.5 Å². The van der Waals surface area contributed by atoms with Gasteiger partial charge in [-0.2, -0.15) is 0 Å². The largest absolute Gasteiger partial charge is 0.324 e. The molecule has 0 saturated carbocycles. The Labute approximate surface area is 199 Å². The molecule has 2 aromatic carbocycles. The quantitative estimate of drug-likeness (QED) is 0.602. The Morgan fingerprint density at radius 3 is 2.59 bits per heavy atom. The van der Waals surface area contributed by atoms with Gasteiger partial charge in [-0.3, -0.25) is 19.3 Å². The number of fused-ring (bicyclic) bond motifs is 7. The van der Waals surface area contributed by atoms with E-state index in [9.17, 15) is 14.4 Å². The number of amides is 3. The lowest BCUT2D eigenvalue weighted by Gasteiger charge is -2.36. The maximum atomic E-state index is 13.9. The predicted molar refractivity (Wildman–Crippen MR) is 122 cm³/mol. The van der Waals surface area contributed by atoms with Crippen LogP contribution in [0, 0.1) is 18.8 Å². The monoisotopic (exact) mass is 489 g/mol. The number of benzene rings is 2. The number of rotatable bonds is 1. The van der Waals surface area contributed by atoms with Crippen molar-refractivity contribution in [3.8, 4) is 0 Å². The summed E-state index contributed by atoms with van der Waals surface area (Å²) < 4.78 is 0. The number of imide groups is 1. The fourth-order valence-electron chi connectivity index (χ4n) is 6.33. The second kappa shape index (κ2) is 6.70. The Kier molecular flexibility index (Phi) is 4.29. The molecule has 0 bridgehead atoms. The van der Waals surface area contributed by atoms with E-state index in [2.05, 4.69) is 10.2 Å². The molecule has 6 rings (SSSR count). The minimum absolute atomic E-state index is 0.213. The highest BCUT2D eigenvalue weighted by molar-refractivity contribution is 6.38. The van der Waals surface area contributed by atoms with Crippen molar-refractivity contribution in [3.63, 3.8) is 0 Å². The Morgan fingerprint density at radius 1 is 1.03 bits per heavy atom. The fraction of sp³-hybridized carbons (Fsp3) is 0.348. The zero-order valence-electron chi connectivity index (χ0n) is 17.0. The molecular formula is C23H18Cl3N3O3. The number of halogens is 3. The van der Waals surface area contributed by atoms with Gasteiger partial charge in [0.25, 0.3) is 0 Å². The smallest absolute Gasteiger partial charge is 0.250 e. The van der Waals surface area contributed by atoms with Crippen LogP contribution in [0.25, 0.3) is 0 Å². The van der Waals surface area contributed by atoms with Gasteiger partial charge in [0, 0.05) is 27.3 Å². The maximum absolute atomic E-state index is 13.9. The fourth-order valence-corrected chi connectivity index (χ4v) is 6.97. The van der Waals surface area contributed by atoms with Crippen LogP contribution in [-0.2, 0) is 19.9 Å². The lowest BCUT2D eigenvalue weighted by atomic mass is 9.75. The summed E-state index contributed by atoms with van der Waals surface area (Å²) >= 11 is 18.9. The third-order valence-electron chi connectivity index (χ3n) is 7.41. The van der Waals surface area contributed by atoms with E-state index in [0.717, 1.165) is 23.3 Å². The summed E-state index contributed by atoms with van der Waals surface area (Å²) in [5, 5.41) is 4.10. The normalized spacial score (nSPS) is 30.8. The molecular weight excluding hydrogens is 473 g/mol. The second-order valence-corrected chi connectivity index (χ2v) is 10.2. The molecule has 3 fully saturated rings. The van der Waals surface area contributed by atoms with Crippen LogP contribution in [0.1, 0.15) is 24.0 Å². The lowest BCUT2D eigenvalue weighted by molar-refractivity contribution is -0.135. The van der Waals surface area contributed by atoms with Gasteiger partial charge < -0.3 is 5.32 Å². The van der Waals surface area contributed by atoms with Gasteiger partial charge in [-0.1, -0.05) is 34.8 Å². The first-order chi connectivity index (χ1) is 15.3. The van der Waals surface area contributed by atoms with Gasteiger partial charge in [-0.05, 0) is 62.2 Å². The number of nitrogens with one attached hydrogen (secondary N) is 1. The molecule has 164 valence electrons. The molecule has 32 heavy (non-hydrogen) atoms. The number of carbonyl (C=O) groups is 3. The highest BCUT2D eigenvalue weighted by Gasteiger charge is 2.74. The Bertz CT molecular complexity index is 1250. The number of hydrogen-bond acceptors (Lipinski definition) is 4. The first-order valence-corrected chi connectivity index (χ1v) is 11.6. The lowest BCUT2D eigenvalue weighted by Crippen LogP contribution is -2.54. The third-order valence-corrected chi connectivity index (χ3v) is 8.19. The van der Waals surface area contributed by atoms with E-state index < -0.39 is 23.3 Å². The number of anilines is 2. The Morgan fingerprint density at radius 2 is 1.81 bits per heavy atom. The molecule has 2 aromatic rings. The van der Waals surface area contributed by atoms with Crippen molar-refractivity contribution in [1.29, 1.82) is 0 Å². The zero-order valence-corrected chi connectivity index (χ0v) is 19.3. The van der Waals surface area contributed by atoms with Crippen LogP contribution in [-0.4, -0.2) is 35.2 Å². The molecule has 6 nitrogen and oxygen atoms in total. The molecule has 4 aliphatic rings. The first kappa shape index (κ1) is 20.5. The number of hydrogen-bond donors (Lipinski definition) is 1. The van der Waals surface area contributed by atoms with E-state index in [-0.39, 0.29) is 28.6 Å². The van der Waals surface area contributed by atoms with Crippen LogP contribution in [0.15, 0.2) is 30.3 Å². The van der Waals surface area contributed by atoms with E-state index in [1.807, 2.05) is 6.92 Å². The average molecular weight is 491 g/mol. The first-order valence-electron chi connectivity index (χ1n) is 10.5. The van der Waals surface area contributed by atoms with Crippen LogP contribution in [0.2, 0.25) is 15.1 Å². The Balaban J connectivity index is 1.59. The molecule has 9 heteroatoms. The number of nitrogens with zero attached hydrogens (tertiary/aromatic N) is 2. The zero-order chi connectivity index (χ0) is 22.5. The average Bonchev–Trinajstić information content (AvgIpc) is 3.43. The van der Waals surface area contributed by atoms with Crippen molar-refractivity contribution in [2.45, 2.75) is 31.3 Å². The van der Waals surface area contributed by atoms with Crippen molar-refractivity contribution in [3.05, 3.63) is 56.5 Å². The minimum Gasteiger partial charge on any atom is -0.324 e. The summed E-state index contributed by atoms with van der Waals surface area (Å²) in [5.41, 5.74) is 1.15. The topological polar surface area (TPSA) is 69.7 Å². The molecule has 1 N–H and O–H groups in total. The van der Waals surface area contributed by atoms with Gasteiger partial charge in [0.2, 0.25) is 17.7 Å². The molecule has 4 unspecified atom stereocenters. The molecule has 3 saturated heterocycles. The second-order valence-electron chi connectivity index (χ2n) is 8.88. The highest BCUT2D eigenvalue weighted by Crippen LogP contribution is 2.61. The minimum atomic E-state index is -1.27. The summed E-state index contributed by atoms with van der Waals surface area (Å²) in [6.45, 7) is 2.51. The van der Waals surface area contributed by atoms with Crippen LogP contribution in [0.3, 0.4) is 0 Å². The molecule has 0 radical (unpaired) electrons. The number of carbonyl (C=O) groups excluding carboxylic acids is 3. The molecule has 1 spiro atoms. The summed E-state index contributed by atoms with van der Waals surface area (Å²) in [7, 11) is 0. The van der Waals surface area contributed by atoms with Crippen molar-refractivity contribution in [1.82, 2.24) is 4.90 Å². The molecule has 0 aromatic heterocycles. The van der Waals surface area contributed by atoms with Gasteiger partial charge in [0.15, 0.2) is 0 Å². The molecule has 4 aliphatic heterocycles. The molecule has 3 amide bonds. The van der Waals surface area contributed by atoms with Crippen LogP contribution in [0.5, 0.6) is 0 Å². The number of aryl methyl sites for hydroxylation is 1. The van der Waals surface area contributed by atoms with E-state index >= 15 is 0 Å². The SMILES string of the molecule is Cc1cc(Cl)cc2c1NC(=O)C21C2C(=O)N(c3cc(Cl)ccc3Cl)C(=O)C2C2CCCN21. The van der Waals surface area contributed by atoms with Crippen LogP contribution >= 0.6 is 34.8 Å².